The Morgan fingerprint density at radius 3 is 2.81 bits per heavy atom. The number of aromatic nitrogens is 3. The second-order valence-electron chi connectivity index (χ2n) is 6.49. The fourth-order valence-electron chi connectivity index (χ4n) is 2.84. The van der Waals surface area contributed by atoms with E-state index in [2.05, 4.69) is 16.1 Å². The molecule has 136 valence electrons. The van der Waals surface area contributed by atoms with Gasteiger partial charge in [-0.15, -0.1) is 11.8 Å². The molecule has 0 bridgehead atoms. The van der Waals surface area contributed by atoms with Gasteiger partial charge in [0.15, 0.2) is 5.65 Å². The van der Waals surface area contributed by atoms with Gasteiger partial charge in [-0.1, -0.05) is 12.1 Å². The van der Waals surface area contributed by atoms with Gasteiger partial charge in [0.2, 0.25) is 0 Å². The minimum absolute atomic E-state index is 0.0501. The van der Waals surface area contributed by atoms with E-state index in [1.165, 1.54) is 10.7 Å². The predicted octanol–water partition coefficient (Wildman–Crippen LogP) is 3.10. The lowest BCUT2D eigenvalue weighted by Gasteiger charge is -2.26. The Balaban J connectivity index is 1.96. The lowest BCUT2D eigenvalue weighted by Crippen LogP contribution is -2.39. The molecule has 0 radical (unpaired) electrons. The summed E-state index contributed by atoms with van der Waals surface area (Å²) in [7, 11) is 0. The second-order valence-corrected chi connectivity index (χ2v) is 7.37. The van der Waals surface area contributed by atoms with Crippen molar-refractivity contribution in [3.63, 3.8) is 0 Å². The molecule has 0 spiro atoms. The van der Waals surface area contributed by atoms with Crippen molar-refractivity contribution in [2.75, 3.05) is 6.26 Å². The minimum Gasteiger partial charge on any atom is -0.332 e. The van der Waals surface area contributed by atoms with Crippen LogP contribution in [0.25, 0.3) is 5.65 Å². The third-order valence-corrected chi connectivity index (χ3v) is 4.95. The molecule has 3 rings (SSSR count). The molecule has 0 saturated carbocycles. The van der Waals surface area contributed by atoms with Gasteiger partial charge in [0.05, 0.1) is 0 Å². The number of aryl methyl sites for hydroxylation is 1. The number of amides is 1. The van der Waals surface area contributed by atoms with E-state index in [1.807, 2.05) is 45.2 Å². The van der Waals surface area contributed by atoms with Gasteiger partial charge in [-0.2, -0.15) is 0 Å². The standard InChI is InChI=1S/C19H22N4O2S/c1-12(2)22(11-14-6-5-7-15(9-14)26-4)18(24)16-10-20-17-8-13(3)21-23(17)19(16)25/h5-10,12,21H,11H2,1-4H3. The quantitative estimate of drug-likeness (QED) is 0.701. The molecule has 0 atom stereocenters. The van der Waals surface area contributed by atoms with E-state index in [1.54, 1.807) is 22.7 Å². The summed E-state index contributed by atoms with van der Waals surface area (Å²) >= 11 is 1.66. The summed E-state index contributed by atoms with van der Waals surface area (Å²) in [6.45, 7) is 6.17. The largest absolute Gasteiger partial charge is 0.332 e. The van der Waals surface area contributed by atoms with Gasteiger partial charge in [-0.3, -0.25) is 14.7 Å². The molecule has 0 unspecified atom stereocenters. The summed E-state index contributed by atoms with van der Waals surface area (Å²) in [5.74, 6) is -0.311. The van der Waals surface area contributed by atoms with Gasteiger partial charge >= 0.3 is 0 Å². The van der Waals surface area contributed by atoms with Gasteiger partial charge in [-0.05, 0) is 44.7 Å². The molecule has 2 heterocycles. The maximum Gasteiger partial charge on any atom is 0.285 e. The molecule has 0 aliphatic carbocycles. The molecule has 1 aromatic carbocycles. The van der Waals surface area contributed by atoms with Crippen LogP contribution in [-0.4, -0.2) is 37.7 Å². The van der Waals surface area contributed by atoms with E-state index in [4.69, 9.17) is 0 Å². The number of hydrogen-bond donors (Lipinski definition) is 1. The molecule has 1 amide bonds. The van der Waals surface area contributed by atoms with Crippen LogP contribution < -0.4 is 5.56 Å². The van der Waals surface area contributed by atoms with Crippen LogP contribution in [0.15, 0.2) is 46.2 Å². The lowest BCUT2D eigenvalue weighted by atomic mass is 10.1. The molecule has 0 aliphatic heterocycles. The SMILES string of the molecule is CSc1cccc(CN(C(=O)c2cnc3cc(C)[nH]n3c2=O)C(C)C)c1. The summed E-state index contributed by atoms with van der Waals surface area (Å²) < 4.78 is 1.31. The molecular formula is C19H22N4O2S. The van der Waals surface area contributed by atoms with Crippen molar-refractivity contribution >= 4 is 23.3 Å². The van der Waals surface area contributed by atoms with Crippen molar-refractivity contribution in [2.24, 2.45) is 0 Å². The highest BCUT2D eigenvalue weighted by atomic mass is 32.2. The van der Waals surface area contributed by atoms with Crippen molar-refractivity contribution in [3.8, 4) is 0 Å². The van der Waals surface area contributed by atoms with E-state index in [0.717, 1.165) is 16.2 Å². The van der Waals surface area contributed by atoms with Crippen LogP contribution in [0, 0.1) is 6.92 Å². The van der Waals surface area contributed by atoms with Crippen LogP contribution in [0.3, 0.4) is 0 Å². The van der Waals surface area contributed by atoms with Crippen LogP contribution >= 0.6 is 11.8 Å². The average Bonchev–Trinajstić information content (AvgIpc) is 3.01. The Kier molecular flexibility index (Phi) is 5.18. The van der Waals surface area contributed by atoms with Gasteiger partial charge in [0.1, 0.15) is 5.56 Å². The second kappa shape index (κ2) is 7.37. The third kappa shape index (κ3) is 3.53. The van der Waals surface area contributed by atoms with Crippen LogP contribution in [0.5, 0.6) is 0 Å². The number of nitrogens with zero attached hydrogens (tertiary/aromatic N) is 3. The number of nitrogens with one attached hydrogen (secondary N) is 1. The van der Waals surface area contributed by atoms with Crippen LogP contribution in [0.4, 0.5) is 0 Å². The summed E-state index contributed by atoms with van der Waals surface area (Å²) in [6, 6.07) is 9.79. The van der Waals surface area contributed by atoms with Crippen LogP contribution in [0.2, 0.25) is 0 Å². The van der Waals surface area contributed by atoms with Crippen molar-refractivity contribution in [1.29, 1.82) is 0 Å². The number of carbonyl (C=O) groups excluding carboxylic acids is 1. The summed E-state index contributed by atoms with van der Waals surface area (Å²) in [4.78, 5) is 32.9. The first-order chi connectivity index (χ1) is 12.4. The molecule has 0 fully saturated rings. The molecule has 2 aromatic heterocycles. The molecule has 0 aliphatic rings. The van der Waals surface area contributed by atoms with Gasteiger partial charge in [-0.25, -0.2) is 9.50 Å². The first-order valence-electron chi connectivity index (χ1n) is 8.42. The van der Waals surface area contributed by atoms with Gasteiger partial charge in [0.25, 0.3) is 11.5 Å². The van der Waals surface area contributed by atoms with E-state index in [-0.39, 0.29) is 23.1 Å². The van der Waals surface area contributed by atoms with Crippen molar-refractivity contribution in [2.45, 2.75) is 38.3 Å². The van der Waals surface area contributed by atoms with Crippen LogP contribution in [-0.2, 0) is 6.54 Å². The van der Waals surface area contributed by atoms with E-state index in [9.17, 15) is 9.59 Å². The number of fused-ring (bicyclic) bond motifs is 1. The fraction of sp³-hybridized carbons (Fsp3) is 0.316. The predicted molar refractivity (Wildman–Crippen MR) is 104 cm³/mol. The van der Waals surface area contributed by atoms with Crippen molar-refractivity contribution in [1.82, 2.24) is 19.5 Å². The Bertz CT molecular complexity index is 1010. The number of hydrogen-bond acceptors (Lipinski definition) is 4. The van der Waals surface area contributed by atoms with Crippen molar-refractivity contribution in [3.05, 3.63) is 63.7 Å². The normalized spacial score (nSPS) is 11.3. The molecule has 0 saturated heterocycles. The van der Waals surface area contributed by atoms with Crippen LogP contribution in [0.1, 0.15) is 35.5 Å². The third-order valence-electron chi connectivity index (χ3n) is 4.22. The van der Waals surface area contributed by atoms with E-state index in [0.29, 0.717) is 12.2 Å². The highest BCUT2D eigenvalue weighted by Gasteiger charge is 2.23. The van der Waals surface area contributed by atoms with E-state index < -0.39 is 0 Å². The monoisotopic (exact) mass is 370 g/mol. The fourth-order valence-corrected chi connectivity index (χ4v) is 3.32. The zero-order valence-corrected chi connectivity index (χ0v) is 16.1. The molecule has 3 aromatic rings. The zero-order chi connectivity index (χ0) is 18.8. The molecular weight excluding hydrogens is 348 g/mol. The first kappa shape index (κ1) is 18.3. The van der Waals surface area contributed by atoms with Crippen molar-refractivity contribution < 1.29 is 4.79 Å². The summed E-state index contributed by atoms with van der Waals surface area (Å²) in [6.07, 6.45) is 3.39. The Morgan fingerprint density at radius 2 is 2.12 bits per heavy atom. The zero-order valence-electron chi connectivity index (χ0n) is 15.3. The molecule has 1 N–H and O–H groups in total. The number of benzene rings is 1. The highest BCUT2D eigenvalue weighted by molar-refractivity contribution is 7.98. The Labute approximate surface area is 156 Å². The number of H-pyrrole nitrogens is 1. The topological polar surface area (TPSA) is 70.5 Å². The minimum atomic E-state index is -0.378. The van der Waals surface area contributed by atoms with Gasteiger partial charge < -0.3 is 4.90 Å². The highest BCUT2D eigenvalue weighted by Crippen LogP contribution is 2.18. The molecule has 26 heavy (non-hydrogen) atoms. The lowest BCUT2D eigenvalue weighted by molar-refractivity contribution is 0.0687. The van der Waals surface area contributed by atoms with E-state index >= 15 is 0 Å². The molecule has 6 nitrogen and oxygen atoms in total. The average molecular weight is 370 g/mol. The number of rotatable bonds is 5. The maximum absolute atomic E-state index is 13.1. The number of aromatic amines is 1. The Hall–Kier alpha value is -2.54. The smallest absolute Gasteiger partial charge is 0.285 e. The Morgan fingerprint density at radius 1 is 1.35 bits per heavy atom. The summed E-state index contributed by atoms with van der Waals surface area (Å²) in [5, 5.41) is 2.92. The summed E-state index contributed by atoms with van der Waals surface area (Å²) in [5.41, 5.74) is 2.04. The van der Waals surface area contributed by atoms with Gasteiger partial charge in [0, 0.05) is 35.4 Å². The number of thioether (sulfide) groups is 1. The first-order valence-corrected chi connectivity index (χ1v) is 9.64. The number of carbonyl (C=O) groups is 1. The maximum atomic E-state index is 13.1. The molecule has 7 heteroatoms.